The van der Waals surface area contributed by atoms with Crippen molar-refractivity contribution in [3.63, 3.8) is 0 Å². The van der Waals surface area contributed by atoms with Gasteiger partial charge >= 0.3 is 6.18 Å². The van der Waals surface area contributed by atoms with Gasteiger partial charge in [0.2, 0.25) is 0 Å². The molecule has 1 fully saturated rings. The monoisotopic (exact) mass is 362 g/mol. The van der Waals surface area contributed by atoms with Gasteiger partial charge in [0.1, 0.15) is 0 Å². The lowest BCUT2D eigenvalue weighted by Gasteiger charge is -2.32. The molecule has 3 nitrogen and oxygen atoms in total. The minimum absolute atomic E-state index is 0.285. The lowest BCUT2D eigenvalue weighted by Crippen LogP contribution is -2.43. The van der Waals surface area contributed by atoms with Gasteiger partial charge in [-0.3, -0.25) is 9.69 Å². The molecule has 0 aromatic heterocycles. The van der Waals surface area contributed by atoms with Crippen LogP contribution in [0.2, 0.25) is 0 Å². The van der Waals surface area contributed by atoms with E-state index >= 15 is 0 Å². The molecule has 1 saturated heterocycles. The van der Waals surface area contributed by atoms with Gasteiger partial charge in [-0.25, -0.2) is 0 Å². The van der Waals surface area contributed by atoms with Crippen molar-refractivity contribution in [2.45, 2.75) is 12.7 Å². The van der Waals surface area contributed by atoms with Gasteiger partial charge < -0.3 is 4.90 Å². The van der Waals surface area contributed by atoms with Gasteiger partial charge in [-0.15, -0.1) is 0 Å². The Morgan fingerprint density at radius 2 is 1.69 bits per heavy atom. The van der Waals surface area contributed by atoms with Crippen molar-refractivity contribution in [1.82, 2.24) is 9.80 Å². The predicted octanol–water partition coefficient (Wildman–Crippen LogP) is 3.68. The van der Waals surface area contributed by atoms with Gasteiger partial charge in [-0.05, 0) is 24.7 Å². The lowest BCUT2D eigenvalue weighted by molar-refractivity contribution is -0.137. The highest BCUT2D eigenvalue weighted by Gasteiger charge is 2.35. The Labute approximate surface area is 151 Å². The quantitative estimate of drug-likeness (QED) is 0.775. The third-order valence-electron chi connectivity index (χ3n) is 4.67. The molecule has 6 heteroatoms. The number of halogens is 3. The van der Waals surface area contributed by atoms with E-state index in [1.165, 1.54) is 18.2 Å². The van der Waals surface area contributed by atoms with E-state index in [2.05, 4.69) is 16.8 Å². The highest BCUT2D eigenvalue weighted by atomic mass is 19.4. The number of rotatable bonds is 4. The molecule has 138 valence electrons. The van der Waals surface area contributed by atoms with Gasteiger partial charge in [-0.1, -0.05) is 36.4 Å². The molecule has 0 atom stereocenters. The summed E-state index contributed by atoms with van der Waals surface area (Å²) in [7, 11) is 2.08. The summed E-state index contributed by atoms with van der Waals surface area (Å²) in [5, 5.41) is 0. The number of piperazine rings is 1. The Kier molecular flexibility index (Phi) is 5.44. The van der Waals surface area contributed by atoms with Crippen molar-refractivity contribution in [3.05, 3.63) is 70.8 Å². The Morgan fingerprint density at radius 3 is 2.38 bits per heavy atom. The Hall–Kier alpha value is -2.18. The third-order valence-corrected chi connectivity index (χ3v) is 4.67. The van der Waals surface area contributed by atoms with Crippen molar-refractivity contribution in [1.29, 1.82) is 0 Å². The number of benzene rings is 2. The lowest BCUT2D eigenvalue weighted by atomic mass is 9.97. The van der Waals surface area contributed by atoms with E-state index in [9.17, 15) is 18.0 Å². The summed E-state index contributed by atoms with van der Waals surface area (Å²) in [6, 6.07) is 11.8. The number of nitrogens with zero attached hydrogens (tertiary/aromatic N) is 2. The number of carbonyl (C=O) groups is 1. The molecular weight excluding hydrogens is 341 g/mol. The second kappa shape index (κ2) is 7.60. The fourth-order valence-electron chi connectivity index (χ4n) is 3.16. The summed E-state index contributed by atoms with van der Waals surface area (Å²) in [5.41, 5.74) is 0.0180. The summed E-state index contributed by atoms with van der Waals surface area (Å²) < 4.78 is 39.5. The smallest absolute Gasteiger partial charge is 0.304 e. The summed E-state index contributed by atoms with van der Waals surface area (Å²) in [6.45, 7) is 4.53. The predicted molar refractivity (Wildman–Crippen MR) is 94.1 cm³/mol. The normalized spacial score (nSPS) is 16.6. The molecule has 0 radical (unpaired) electrons. The van der Waals surface area contributed by atoms with Gasteiger partial charge in [-0.2, -0.15) is 13.2 Å². The fourth-order valence-corrected chi connectivity index (χ4v) is 3.16. The zero-order valence-electron chi connectivity index (χ0n) is 14.6. The largest absolute Gasteiger partial charge is 0.417 e. The zero-order chi connectivity index (χ0) is 18.7. The van der Waals surface area contributed by atoms with Crippen molar-refractivity contribution in [2.24, 2.45) is 0 Å². The van der Waals surface area contributed by atoms with E-state index in [1.54, 1.807) is 18.2 Å². The van der Waals surface area contributed by atoms with E-state index in [0.29, 0.717) is 6.54 Å². The number of hydrogen-bond donors (Lipinski definition) is 0. The molecule has 26 heavy (non-hydrogen) atoms. The van der Waals surface area contributed by atoms with Crippen LogP contribution in [0.5, 0.6) is 0 Å². The molecule has 0 bridgehead atoms. The van der Waals surface area contributed by atoms with Gasteiger partial charge in [0.15, 0.2) is 5.78 Å². The first kappa shape index (κ1) is 18.6. The van der Waals surface area contributed by atoms with Crippen LogP contribution in [0, 0.1) is 0 Å². The molecule has 2 aromatic rings. The Balaban J connectivity index is 1.81. The summed E-state index contributed by atoms with van der Waals surface area (Å²) in [4.78, 5) is 17.2. The first-order valence-corrected chi connectivity index (χ1v) is 8.55. The fraction of sp³-hybridized carbons (Fsp3) is 0.350. The zero-order valence-corrected chi connectivity index (χ0v) is 14.6. The first-order chi connectivity index (χ1) is 12.3. The van der Waals surface area contributed by atoms with Crippen LogP contribution in [0.1, 0.15) is 27.0 Å². The molecule has 1 aliphatic heterocycles. The van der Waals surface area contributed by atoms with E-state index in [1.807, 2.05) is 6.07 Å². The Bertz CT molecular complexity index is 781. The highest BCUT2D eigenvalue weighted by molar-refractivity contribution is 6.10. The molecule has 0 unspecified atom stereocenters. The molecule has 1 aliphatic rings. The Morgan fingerprint density at radius 1 is 1.00 bits per heavy atom. The topological polar surface area (TPSA) is 23.6 Å². The van der Waals surface area contributed by atoms with Crippen LogP contribution >= 0.6 is 0 Å². The standard InChI is InChI=1S/C20H21F3N2O/c1-24-9-11-25(12-10-24)14-15-5-4-6-16(13-15)19(26)17-7-2-3-8-18(17)20(21,22)23/h2-8,13H,9-12,14H2,1H3. The van der Waals surface area contributed by atoms with Gasteiger partial charge in [0.25, 0.3) is 0 Å². The number of likely N-dealkylation sites (N-methyl/N-ethyl adjacent to an activating group) is 1. The maximum Gasteiger partial charge on any atom is 0.417 e. The van der Waals surface area contributed by atoms with E-state index in [0.717, 1.165) is 37.8 Å². The van der Waals surface area contributed by atoms with Gasteiger partial charge in [0.05, 0.1) is 5.56 Å². The summed E-state index contributed by atoms with van der Waals surface area (Å²) >= 11 is 0. The minimum Gasteiger partial charge on any atom is -0.304 e. The SMILES string of the molecule is CN1CCN(Cc2cccc(C(=O)c3ccccc3C(F)(F)F)c2)CC1. The third kappa shape index (κ3) is 4.31. The molecule has 0 saturated carbocycles. The maximum absolute atomic E-state index is 13.2. The van der Waals surface area contributed by atoms with Gasteiger partial charge in [0, 0.05) is 43.9 Å². The number of alkyl halides is 3. The number of carbonyl (C=O) groups excluding carboxylic acids is 1. The van der Waals surface area contributed by atoms with Crippen LogP contribution in [0.3, 0.4) is 0 Å². The van der Waals surface area contributed by atoms with Crippen LogP contribution < -0.4 is 0 Å². The minimum atomic E-state index is -4.55. The molecule has 0 N–H and O–H groups in total. The van der Waals surface area contributed by atoms with Crippen LogP contribution in [-0.2, 0) is 12.7 Å². The number of ketones is 1. The van der Waals surface area contributed by atoms with Crippen LogP contribution in [-0.4, -0.2) is 48.8 Å². The van der Waals surface area contributed by atoms with Crippen molar-refractivity contribution in [3.8, 4) is 0 Å². The maximum atomic E-state index is 13.2. The number of hydrogen-bond acceptors (Lipinski definition) is 3. The summed E-state index contributed by atoms with van der Waals surface area (Å²) in [5.74, 6) is -0.599. The average Bonchev–Trinajstić information content (AvgIpc) is 2.62. The second-order valence-corrected chi connectivity index (χ2v) is 6.65. The molecular formula is C20H21F3N2O. The van der Waals surface area contributed by atoms with Crippen LogP contribution in [0.15, 0.2) is 48.5 Å². The molecule has 1 heterocycles. The van der Waals surface area contributed by atoms with E-state index < -0.39 is 17.5 Å². The highest BCUT2D eigenvalue weighted by Crippen LogP contribution is 2.32. The molecule has 3 rings (SSSR count). The molecule has 2 aromatic carbocycles. The molecule has 0 aliphatic carbocycles. The summed E-state index contributed by atoms with van der Waals surface area (Å²) in [6.07, 6.45) is -4.55. The van der Waals surface area contributed by atoms with Crippen LogP contribution in [0.4, 0.5) is 13.2 Å². The first-order valence-electron chi connectivity index (χ1n) is 8.55. The van der Waals surface area contributed by atoms with E-state index in [4.69, 9.17) is 0 Å². The average molecular weight is 362 g/mol. The van der Waals surface area contributed by atoms with Crippen molar-refractivity contribution < 1.29 is 18.0 Å². The second-order valence-electron chi connectivity index (χ2n) is 6.65. The molecule has 0 amide bonds. The molecule has 0 spiro atoms. The van der Waals surface area contributed by atoms with Crippen LogP contribution in [0.25, 0.3) is 0 Å². The van der Waals surface area contributed by atoms with Crippen molar-refractivity contribution in [2.75, 3.05) is 33.2 Å². The van der Waals surface area contributed by atoms with Crippen molar-refractivity contribution >= 4 is 5.78 Å². The van der Waals surface area contributed by atoms with E-state index in [-0.39, 0.29) is 11.1 Å².